The van der Waals surface area contributed by atoms with Crippen molar-refractivity contribution < 1.29 is 9.90 Å². The fourth-order valence-electron chi connectivity index (χ4n) is 2.09. The Kier molecular flexibility index (Phi) is 2.97. The first kappa shape index (κ1) is 11.1. The zero-order chi connectivity index (χ0) is 11.7. The van der Waals surface area contributed by atoms with Crippen LogP contribution in [0.4, 0.5) is 5.69 Å². The highest BCUT2D eigenvalue weighted by Gasteiger charge is 2.24. The van der Waals surface area contributed by atoms with E-state index in [2.05, 4.69) is 25.2 Å². The van der Waals surface area contributed by atoms with Gasteiger partial charge in [0.25, 0.3) is 0 Å². The van der Waals surface area contributed by atoms with Gasteiger partial charge in [-0.1, -0.05) is 26.0 Å². The third-order valence-corrected chi connectivity index (χ3v) is 3.11. The van der Waals surface area contributed by atoms with Crippen LogP contribution in [0.5, 0.6) is 0 Å². The number of amides is 1. The lowest BCUT2D eigenvalue weighted by atomic mass is 9.88. The van der Waals surface area contributed by atoms with Gasteiger partial charge < -0.3 is 10.4 Å². The van der Waals surface area contributed by atoms with E-state index in [9.17, 15) is 9.90 Å². The average molecular weight is 219 g/mol. The van der Waals surface area contributed by atoms with Crippen molar-refractivity contribution in [3.8, 4) is 0 Å². The van der Waals surface area contributed by atoms with E-state index in [0.29, 0.717) is 12.3 Å². The van der Waals surface area contributed by atoms with Crippen LogP contribution in [0.2, 0.25) is 0 Å². The standard InChI is InChI=1S/C13H17NO2/c1-8(2)9-3-4-12-11(5-9)10(7-15)6-13(16)14-12/h3-5,8,10,15H,6-7H2,1-2H3,(H,14,16). The van der Waals surface area contributed by atoms with Crippen LogP contribution < -0.4 is 5.32 Å². The second-order valence-electron chi connectivity index (χ2n) is 4.63. The lowest BCUT2D eigenvalue weighted by molar-refractivity contribution is -0.117. The van der Waals surface area contributed by atoms with Crippen LogP contribution in [0.25, 0.3) is 0 Å². The molecular weight excluding hydrogens is 202 g/mol. The minimum Gasteiger partial charge on any atom is -0.396 e. The molecule has 0 saturated carbocycles. The molecule has 1 aromatic rings. The Bertz CT molecular complexity index is 412. The van der Waals surface area contributed by atoms with E-state index in [4.69, 9.17) is 0 Å². The Hall–Kier alpha value is -1.35. The Morgan fingerprint density at radius 3 is 2.88 bits per heavy atom. The largest absolute Gasteiger partial charge is 0.396 e. The first-order chi connectivity index (χ1) is 7.61. The molecule has 0 aliphatic carbocycles. The van der Waals surface area contributed by atoms with E-state index < -0.39 is 0 Å². The van der Waals surface area contributed by atoms with Crippen LogP contribution in [-0.2, 0) is 4.79 Å². The molecule has 1 unspecified atom stereocenters. The monoisotopic (exact) mass is 219 g/mol. The molecule has 2 rings (SSSR count). The molecule has 0 radical (unpaired) electrons. The third kappa shape index (κ3) is 1.95. The average Bonchev–Trinajstić information content (AvgIpc) is 2.27. The predicted octanol–water partition coefficient (Wildman–Crippen LogP) is 2.23. The number of fused-ring (bicyclic) bond motifs is 1. The maximum atomic E-state index is 11.4. The third-order valence-electron chi connectivity index (χ3n) is 3.11. The number of hydrogen-bond acceptors (Lipinski definition) is 2. The Morgan fingerprint density at radius 2 is 2.25 bits per heavy atom. The van der Waals surface area contributed by atoms with Crippen LogP contribution in [-0.4, -0.2) is 17.6 Å². The summed E-state index contributed by atoms with van der Waals surface area (Å²) in [6, 6.07) is 6.06. The predicted molar refractivity (Wildman–Crippen MR) is 63.6 cm³/mol. The summed E-state index contributed by atoms with van der Waals surface area (Å²) >= 11 is 0. The van der Waals surface area contributed by atoms with Crippen molar-refractivity contribution in [3.05, 3.63) is 29.3 Å². The molecule has 86 valence electrons. The Labute approximate surface area is 95.5 Å². The number of rotatable bonds is 2. The van der Waals surface area contributed by atoms with Gasteiger partial charge in [0.15, 0.2) is 0 Å². The van der Waals surface area contributed by atoms with Crippen LogP contribution in [0, 0.1) is 0 Å². The normalized spacial score (nSPS) is 19.5. The number of anilines is 1. The van der Waals surface area contributed by atoms with Crippen LogP contribution >= 0.6 is 0 Å². The summed E-state index contributed by atoms with van der Waals surface area (Å²) in [5.41, 5.74) is 3.15. The Morgan fingerprint density at radius 1 is 1.50 bits per heavy atom. The summed E-state index contributed by atoms with van der Waals surface area (Å²) in [6.45, 7) is 4.30. The van der Waals surface area contributed by atoms with Gasteiger partial charge in [-0.25, -0.2) is 0 Å². The van der Waals surface area contributed by atoms with Gasteiger partial charge in [-0.2, -0.15) is 0 Å². The number of aliphatic hydroxyl groups is 1. The van der Waals surface area contributed by atoms with Gasteiger partial charge in [-0.05, 0) is 23.1 Å². The van der Waals surface area contributed by atoms with E-state index in [0.717, 1.165) is 11.3 Å². The van der Waals surface area contributed by atoms with Crippen molar-refractivity contribution in [2.45, 2.75) is 32.1 Å². The van der Waals surface area contributed by atoms with Crippen LogP contribution in [0.15, 0.2) is 18.2 Å². The van der Waals surface area contributed by atoms with E-state index in [1.54, 1.807) is 0 Å². The van der Waals surface area contributed by atoms with Crippen molar-refractivity contribution in [2.24, 2.45) is 0 Å². The fourth-order valence-corrected chi connectivity index (χ4v) is 2.09. The number of carbonyl (C=O) groups excluding carboxylic acids is 1. The molecule has 3 nitrogen and oxygen atoms in total. The lowest BCUT2D eigenvalue weighted by Gasteiger charge is -2.25. The molecule has 1 aliphatic heterocycles. The molecule has 1 aliphatic rings. The van der Waals surface area contributed by atoms with Crippen molar-refractivity contribution >= 4 is 11.6 Å². The smallest absolute Gasteiger partial charge is 0.225 e. The van der Waals surface area contributed by atoms with Crippen molar-refractivity contribution in [1.29, 1.82) is 0 Å². The van der Waals surface area contributed by atoms with E-state index in [1.165, 1.54) is 5.56 Å². The second kappa shape index (κ2) is 4.26. The van der Waals surface area contributed by atoms with Gasteiger partial charge in [0.2, 0.25) is 5.91 Å². The molecule has 0 spiro atoms. The number of aliphatic hydroxyl groups excluding tert-OH is 1. The molecule has 0 fully saturated rings. The minimum atomic E-state index is -0.0533. The van der Waals surface area contributed by atoms with E-state index in [-0.39, 0.29) is 18.4 Å². The first-order valence-corrected chi connectivity index (χ1v) is 5.66. The van der Waals surface area contributed by atoms with E-state index >= 15 is 0 Å². The van der Waals surface area contributed by atoms with Crippen molar-refractivity contribution in [2.75, 3.05) is 11.9 Å². The summed E-state index contributed by atoms with van der Waals surface area (Å²) < 4.78 is 0. The molecule has 1 atom stereocenters. The van der Waals surface area contributed by atoms with Crippen molar-refractivity contribution in [3.63, 3.8) is 0 Å². The second-order valence-corrected chi connectivity index (χ2v) is 4.63. The number of benzene rings is 1. The maximum absolute atomic E-state index is 11.4. The zero-order valence-corrected chi connectivity index (χ0v) is 9.66. The van der Waals surface area contributed by atoms with Gasteiger partial charge in [0.05, 0.1) is 6.61 Å². The molecule has 2 N–H and O–H groups in total. The SMILES string of the molecule is CC(C)c1ccc2c(c1)C(CO)CC(=O)N2. The minimum absolute atomic E-state index is 0.0103. The van der Waals surface area contributed by atoms with Gasteiger partial charge in [-0.15, -0.1) is 0 Å². The summed E-state index contributed by atoms with van der Waals surface area (Å²) in [6.07, 6.45) is 0.380. The fraction of sp³-hybridized carbons (Fsp3) is 0.462. The molecule has 16 heavy (non-hydrogen) atoms. The molecule has 1 heterocycles. The van der Waals surface area contributed by atoms with Crippen LogP contribution in [0.1, 0.15) is 43.2 Å². The first-order valence-electron chi connectivity index (χ1n) is 5.66. The van der Waals surface area contributed by atoms with Gasteiger partial charge >= 0.3 is 0 Å². The van der Waals surface area contributed by atoms with Gasteiger partial charge in [0.1, 0.15) is 0 Å². The summed E-state index contributed by atoms with van der Waals surface area (Å²) in [5, 5.41) is 12.1. The highest BCUT2D eigenvalue weighted by molar-refractivity contribution is 5.94. The molecular formula is C13H17NO2. The molecule has 0 saturated heterocycles. The highest BCUT2D eigenvalue weighted by atomic mass is 16.3. The van der Waals surface area contributed by atoms with E-state index in [1.807, 2.05) is 12.1 Å². The molecule has 0 bridgehead atoms. The molecule has 0 aromatic heterocycles. The summed E-state index contributed by atoms with van der Waals surface area (Å²) in [7, 11) is 0. The van der Waals surface area contributed by atoms with Crippen LogP contribution in [0.3, 0.4) is 0 Å². The van der Waals surface area contributed by atoms with Gasteiger partial charge in [0, 0.05) is 18.0 Å². The summed E-state index contributed by atoms with van der Waals surface area (Å²) in [4.78, 5) is 11.4. The maximum Gasteiger partial charge on any atom is 0.225 e. The van der Waals surface area contributed by atoms with Crippen molar-refractivity contribution in [1.82, 2.24) is 0 Å². The topological polar surface area (TPSA) is 49.3 Å². The zero-order valence-electron chi connectivity index (χ0n) is 9.66. The number of carbonyl (C=O) groups is 1. The number of nitrogens with one attached hydrogen (secondary N) is 1. The van der Waals surface area contributed by atoms with Gasteiger partial charge in [-0.3, -0.25) is 4.79 Å². The molecule has 3 heteroatoms. The highest BCUT2D eigenvalue weighted by Crippen LogP contribution is 2.33. The quantitative estimate of drug-likeness (QED) is 0.801. The molecule has 1 amide bonds. The summed E-state index contributed by atoms with van der Waals surface area (Å²) in [5.74, 6) is 0.397. The molecule has 1 aromatic carbocycles. The number of hydrogen-bond donors (Lipinski definition) is 2. The lowest BCUT2D eigenvalue weighted by Crippen LogP contribution is -2.24. The Balaban J connectivity index is 2.43.